The van der Waals surface area contributed by atoms with Crippen LogP contribution in [-0.2, 0) is 0 Å². The van der Waals surface area contributed by atoms with Crippen LogP contribution in [0.15, 0.2) is 34.7 Å². The van der Waals surface area contributed by atoms with Crippen LogP contribution >= 0.6 is 0 Å². The van der Waals surface area contributed by atoms with Crippen LogP contribution in [0.1, 0.15) is 45.3 Å². The van der Waals surface area contributed by atoms with Crippen LogP contribution in [-0.4, -0.2) is 11.9 Å². The number of rotatable bonds is 3. The highest BCUT2D eigenvalue weighted by Crippen LogP contribution is 2.40. The summed E-state index contributed by atoms with van der Waals surface area (Å²) in [5.74, 6) is 1.55. The molecule has 2 atom stereocenters. The Morgan fingerprint density at radius 2 is 1.90 bits per heavy atom. The van der Waals surface area contributed by atoms with E-state index in [2.05, 4.69) is 36.5 Å². The summed E-state index contributed by atoms with van der Waals surface area (Å²) in [5.41, 5.74) is 3.57. The molecule has 3 heteroatoms. The van der Waals surface area contributed by atoms with Crippen LogP contribution in [0.2, 0.25) is 0 Å². The summed E-state index contributed by atoms with van der Waals surface area (Å²) in [6.45, 7) is 5.90. The first-order valence-corrected chi connectivity index (χ1v) is 6.99. The van der Waals surface area contributed by atoms with Gasteiger partial charge in [-0.3, -0.25) is 4.79 Å². The van der Waals surface area contributed by atoms with Crippen LogP contribution in [0.5, 0.6) is 0 Å². The number of carbonyl (C=O) groups is 1. The molecule has 2 aromatic rings. The van der Waals surface area contributed by atoms with Crippen LogP contribution in [0.4, 0.5) is 0 Å². The molecule has 0 bridgehead atoms. The van der Waals surface area contributed by atoms with Crippen molar-refractivity contribution in [1.29, 1.82) is 0 Å². The molecule has 0 radical (unpaired) electrons. The molecule has 3 nitrogen and oxygen atoms in total. The number of amides is 1. The van der Waals surface area contributed by atoms with E-state index < -0.39 is 0 Å². The van der Waals surface area contributed by atoms with Gasteiger partial charge >= 0.3 is 0 Å². The number of nitrogens with one attached hydrogen (secondary N) is 1. The molecule has 3 rings (SSSR count). The highest BCUT2D eigenvalue weighted by molar-refractivity contribution is 5.92. The van der Waals surface area contributed by atoms with Crippen LogP contribution in [0.25, 0.3) is 0 Å². The van der Waals surface area contributed by atoms with E-state index in [0.29, 0.717) is 11.7 Å². The Kier molecular flexibility index (Phi) is 3.13. The van der Waals surface area contributed by atoms with Crippen molar-refractivity contribution in [1.82, 2.24) is 5.32 Å². The lowest BCUT2D eigenvalue weighted by molar-refractivity contribution is 0.0921. The van der Waals surface area contributed by atoms with Gasteiger partial charge in [-0.25, -0.2) is 0 Å². The van der Waals surface area contributed by atoms with E-state index in [1.54, 1.807) is 6.07 Å². The van der Waals surface area contributed by atoms with Gasteiger partial charge in [-0.1, -0.05) is 29.8 Å². The summed E-state index contributed by atoms with van der Waals surface area (Å²) >= 11 is 0. The smallest absolute Gasteiger partial charge is 0.287 e. The molecule has 1 aliphatic rings. The van der Waals surface area contributed by atoms with Gasteiger partial charge in [-0.05, 0) is 44.4 Å². The molecule has 104 valence electrons. The first-order chi connectivity index (χ1) is 9.54. The predicted octanol–water partition coefficient (Wildman–Crippen LogP) is 3.49. The molecule has 1 aromatic carbocycles. The Bertz CT molecular complexity index is 620. The van der Waals surface area contributed by atoms with Crippen molar-refractivity contribution >= 4 is 5.91 Å². The third kappa shape index (κ3) is 2.48. The van der Waals surface area contributed by atoms with Crippen LogP contribution in [0, 0.1) is 20.8 Å². The maximum atomic E-state index is 12.1. The number of carbonyl (C=O) groups excluding carboxylic acids is 1. The molecule has 1 aromatic heterocycles. The molecule has 1 heterocycles. The lowest BCUT2D eigenvalue weighted by atomic mass is 10.1. The molecule has 0 aliphatic heterocycles. The number of benzene rings is 1. The standard InChI is InChI=1S/C17H19NO2/c1-10-4-6-13(7-5-10)14-9-15(14)18-17(19)16-8-11(2)12(3)20-16/h4-8,14-15H,9H2,1-3H3,(H,18,19)/t14-,15+/m0/s1. The fraction of sp³-hybridized carbons (Fsp3) is 0.353. The zero-order valence-corrected chi connectivity index (χ0v) is 12.1. The van der Waals surface area contributed by atoms with Gasteiger partial charge < -0.3 is 9.73 Å². The summed E-state index contributed by atoms with van der Waals surface area (Å²) in [5, 5.41) is 3.04. The second kappa shape index (κ2) is 4.82. The molecule has 0 spiro atoms. The molecule has 0 unspecified atom stereocenters. The van der Waals surface area contributed by atoms with Gasteiger partial charge in [-0.15, -0.1) is 0 Å². The largest absolute Gasteiger partial charge is 0.456 e. The minimum Gasteiger partial charge on any atom is -0.456 e. The van der Waals surface area contributed by atoms with E-state index in [0.717, 1.165) is 17.7 Å². The molecule has 1 N–H and O–H groups in total. The van der Waals surface area contributed by atoms with Crippen molar-refractivity contribution in [2.75, 3.05) is 0 Å². The number of aryl methyl sites for hydroxylation is 3. The highest BCUT2D eigenvalue weighted by atomic mass is 16.3. The molecule has 1 fully saturated rings. The zero-order chi connectivity index (χ0) is 14.3. The quantitative estimate of drug-likeness (QED) is 0.926. The lowest BCUT2D eigenvalue weighted by Crippen LogP contribution is -2.26. The summed E-state index contributed by atoms with van der Waals surface area (Å²) in [4.78, 5) is 12.1. The Morgan fingerprint density at radius 3 is 2.50 bits per heavy atom. The summed E-state index contributed by atoms with van der Waals surface area (Å²) < 4.78 is 5.45. The van der Waals surface area contributed by atoms with Gasteiger partial charge in [0.25, 0.3) is 5.91 Å². The summed E-state index contributed by atoms with van der Waals surface area (Å²) in [6.07, 6.45) is 1.01. The van der Waals surface area contributed by atoms with Crippen molar-refractivity contribution < 1.29 is 9.21 Å². The monoisotopic (exact) mass is 269 g/mol. The first-order valence-electron chi connectivity index (χ1n) is 6.99. The Morgan fingerprint density at radius 1 is 1.20 bits per heavy atom. The number of furan rings is 1. The minimum atomic E-state index is -0.110. The van der Waals surface area contributed by atoms with Gasteiger partial charge in [0.05, 0.1) is 0 Å². The molecule has 1 saturated carbocycles. The van der Waals surface area contributed by atoms with Crippen molar-refractivity contribution in [3.8, 4) is 0 Å². The number of hydrogen-bond donors (Lipinski definition) is 1. The molecule has 0 saturated heterocycles. The fourth-order valence-electron chi connectivity index (χ4n) is 2.46. The van der Waals surface area contributed by atoms with E-state index in [9.17, 15) is 4.79 Å². The molecule has 1 amide bonds. The Hall–Kier alpha value is -2.03. The van der Waals surface area contributed by atoms with Crippen molar-refractivity contribution in [2.45, 2.75) is 39.2 Å². The Balaban J connectivity index is 1.63. The maximum absolute atomic E-state index is 12.1. The first kappa shape index (κ1) is 13.0. The van der Waals surface area contributed by atoms with Crippen LogP contribution in [0.3, 0.4) is 0 Å². The van der Waals surface area contributed by atoms with Gasteiger partial charge in [-0.2, -0.15) is 0 Å². The maximum Gasteiger partial charge on any atom is 0.287 e. The molecular weight excluding hydrogens is 250 g/mol. The summed E-state index contributed by atoms with van der Waals surface area (Å²) in [6, 6.07) is 10.6. The van der Waals surface area contributed by atoms with Gasteiger partial charge in [0.15, 0.2) is 5.76 Å². The Labute approximate surface area is 119 Å². The second-order valence-corrected chi connectivity index (χ2v) is 5.68. The fourth-order valence-corrected chi connectivity index (χ4v) is 2.46. The third-order valence-corrected chi connectivity index (χ3v) is 4.00. The predicted molar refractivity (Wildman–Crippen MR) is 78.0 cm³/mol. The topological polar surface area (TPSA) is 42.2 Å². The van der Waals surface area contributed by atoms with Gasteiger partial charge in [0.2, 0.25) is 0 Å². The SMILES string of the molecule is Cc1ccc([C@@H]2C[C@H]2NC(=O)c2cc(C)c(C)o2)cc1. The average molecular weight is 269 g/mol. The van der Waals surface area contributed by atoms with E-state index in [-0.39, 0.29) is 11.9 Å². The van der Waals surface area contributed by atoms with E-state index >= 15 is 0 Å². The number of hydrogen-bond acceptors (Lipinski definition) is 2. The molecular formula is C17H19NO2. The minimum absolute atomic E-state index is 0.110. The van der Waals surface area contributed by atoms with Gasteiger partial charge in [0.1, 0.15) is 5.76 Å². The zero-order valence-electron chi connectivity index (χ0n) is 12.1. The van der Waals surface area contributed by atoms with E-state index in [1.807, 2.05) is 13.8 Å². The normalized spacial score (nSPS) is 20.8. The average Bonchev–Trinajstić information content (AvgIpc) is 3.09. The van der Waals surface area contributed by atoms with Crippen molar-refractivity contribution in [3.63, 3.8) is 0 Å². The lowest BCUT2D eigenvalue weighted by Gasteiger charge is -2.03. The van der Waals surface area contributed by atoms with Gasteiger partial charge in [0, 0.05) is 12.0 Å². The molecule has 20 heavy (non-hydrogen) atoms. The summed E-state index contributed by atoms with van der Waals surface area (Å²) in [7, 11) is 0. The van der Waals surface area contributed by atoms with E-state index in [4.69, 9.17) is 4.42 Å². The van der Waals surface area contributed by atoms with Crippen molar-refractivity contribution in [3.05, 3.63) is 58.5 Å². The highest BCUT2D eigenvalue weighted by Gasteiger charge is 2.39. The van der Waals surface area contributed by atoms with Crippen LogP contribution < -0.4 is 5.32 Å². The second-order valence-electron chi connectivity index (χ2n) is 5.68. The van der Waals surface area contributed by atoms with E-state index in [1.165, 1.54) is 11.1 Å². The molecule has 1 aliphatic carbocycles. The third-order valence-electron chi connectivity index (χ3n) is 4.00. The van der Waals surface area contributed by atoms with Crippen molar-refractivity contribution in [2.24, 2.45) is 0 Å².